The summed E-state index contributed by atoms with van der Waals surface area (Å²) in [4.78, 5) is 11.4. The minimum absolute atomic E-state index is 0.0625. The number of hydrogen-bond donors (Lipinski definition) is 2. The van der Waals surface area contributed by atoms with Gasteiger partial charge in [-0.3, -0.25) is 0 Å². The molecule has 0 aromatic heterocycles. The minimum Gasteiger partial charge on any atom is -0.465 e. The maximum Gasteiger partial charge on any atom is 0.339 e. The van der Waals surface area contributed by atoms with E-state index < -0.39 is 5.97 Å². The van der Waals surface area contributed by atoms with Crippen LogP contribution in [0, 0.1) is 0 Å². The first kappa shape index (κ1) is 13.5. The Bertz CT molecular complexity index is 444. The molecule has 0 aliphatic rings. The fraction of sp³-hybridized carbons (Fsp3) is 0.250. The Balaban J connectivity index is 3.10. The number of anilines is 1. The van der Waals surface area contributed by atoms with E-state index in [-0.39, 0.29) is 17.9 Å². The topological polar surface area (TPSA) is 72.5 Å². The van der Waals surface area contributed by atoms with E-state index in [2.05, 4.69) is 4.74 Å². The van der Waals surface area contributed by atoms with Crippen LogP contribution in [0.3, 0.4) is 0 Å². The molecular weight excluding hydrogens is 242 g/mol. The Labute approximate surface area is 105 Å². The molecule has 0 spiro atoms. The van der Waals surface area contributed by atoms with Gasteiger partial charge < -0.3 is 15.6 Å². The monoisotopic (exact) mass is 255 g/mol. The molecule has 0 aliphatic carbocycles. The number of carbonyl (C=O) groups is 1. The number of benzene rings is 1. The van der Waals surface area contributed by atoms with Crippen LogP contribution in [0.1, 0.15) is 22.3 Å². The van der Waals surface area contributed by atoms with E-state index >= 15 is 0 Å². The summed E-state index contributed by atoms with van der Waals surface area (Å²) in [6.45, 7) is 0.0625. The summed E-state index contributed by atoms with van der Waals surface area (Å²) in [5.74, 6) is -0.504. The highest BCUT2D eigenvalue weighted by Crippen LogP contribution is 2.25. The molecule has 4 nitrogen and oxygen atoms in total. The molecule has 0 atom stereocenters. The van der Waals surface area contributed by atoms with Gasteiger partial charge in [0.05, 0.1) is 12.7 Å². The lowest BCUT2D eigenvalue weighted by Gasteiger charge is -2.06. The Kier molecular flexibility index (Phi) is 5.00. The number of rotatable bonds is 4. The van der Waals surface area contributed by atoms with E-state index in [0.29, 0.717) is 17.0 Å². The number of halogens is 1. The third-order valence-electron chi connectivity index (χ3n) is 2.17. The molecule has 1 aromatic rings. The molecule has 0 heterocycles. The van der Waals surface area contributed by atoms with Crippen LogP contribution in [-0.4, -0.2) is 24.8 Å². The number of ether oxygens (including phenoxy) is 1. The molecule has 0 amide bonds. The number of carbonyl (C=O) groups excluding carboxylic acids is 1. The van der Waals surface area contributed by atoms with Gasteiger partial charge in [-0.2, -0.15) is 0 Å². The van der Waals surface area contributed by atoms with Crippen molar-refractivity contribution in [2.75, 3.05) is 19.5 Å². The number of nitrogens with two attached hydrogens (primary N) is 1. The first-order valence-electron chi connectivity index (χ1n) is 5.05. The quantitative estimate of drug-likeness (QED) is 0.638. The number of esters is 1. The highest BCUT2D eigenvalue weighted by Gasteiger charge is 2.12. The predicted molar refractivity (Wildman–Crippen MR) is 67.9 cm³/mol. The van der Waals surface area contributed by atoms with E-state index in [1.807, 2.05) is 0 Å². The first-order valence-corrected chi connectivity index (χ1v) is 5.42. The van der Waals surface area contributed by atoms with Crippen molar-refractivity contribution in [1.29, 1.82) is 0 Å². The molecule has 3 N–H and O–H groups in total. The van der Waals surface area contributed by atoms with Crippen molar-refractivity contribution in [3.63, 3.8) is 0 Å². The molecule has 0 fully saturated rings. The molecule has 0 bridgehead atoms. The summed E-state index contributed by atoms with van der Waals surface area (Å²) >= 11 is 5.98. The third kappa shape index (κ3) is 3.47. The first-order chi connectivity index (χ1) is 8.10. The second-order valence-electron chi connectivity index (χ2n) is 3.37. The van der Waals surface area contributed by atoms with E-state index in [1.54, 1.807) is 18.2 Å². The van der Waals surface area contributed by atoms with Gasteiger partial charge in [-0.1, -0.05) is 23.8 Å². The zero-order valence-electron chi connectivity index (χ0n) is 9.44. The van der Waals surface area contributed by atoms with Crippen molar-refractivity contribution in [2.24, 2.45) is 0 Å². The molecule has 0 saturated carbocycles. The summed E-state index contributed by atoms with van der Waals surface area (Å²) < 4.78 is 4.61. The second kappa shape index (κ2) is 6.27. The van der Waals surface area contributed by atoms with E-state index in [1.165, 1.54) is 13.2 Å². The van der Waals surface area contributed by atoms with Gasteiger partial charge in [0.25, 0.3) is 0 Å². The lowest BCUT2D eigenvalue weighted by atomic mass is 10.1. The van der Waals surface area contributed by atoms with E-state index in [9.17, 15) is 4.79 Å². The molecule has 1 aromatic carbocycles. The number of methoxy groups -OCH3 is 1. The van der Waals surface area contributed by atoms with Gasteiger partial charge in [0.15, 0.2) is 0 Å². The number of aliphatic hydroxyl groups excluding tert-OH is 1. The number of nitrogen functional groups attached to an aromatic ring is 1. The van der Waals surface area contributed by atoms with Crippen molar-refractivity contribution in [1.82, 2.24) is 0 Å². The normalized spacial score (nSPS) is 10.8. The van der Waals surface area contributed by atoms with Crippen LogP contribution in [0.15, 0.2) is 18.2 Å². The van der Waals surface area contributed by atoms with Crippen molar-refractivity contribution in [2.45, 2.75) is 6.42 Å². The van der Waals surface area contributed by atoms with Crippen molar-refractivity contribution < 1.29 is 14.6 Å². The van der Waals surface area contributed by atoms with E-state index in [0.717, 1.165) is 0 Å². The van der Waals surface area contributed by atoms with Crippen LogP contribution in [0.4, 0.5) is 5.69 Å². The molecule has 0 unspecified atom stereocenters. The van der Waals surface area contributed by atoms with Crippen LogP contribution in [0.2, 0.25) is 5.02 Å². The minimum atomic E-state index is -0.504. The highest BCUT2D eigenvalue weighted by molar-refractivity contribution is 6.32. The molecule has 17 heavy (non-hydrogen) atoms. The summed E-state index contributed by atoms with van der Waals surface area (Å²) in [5.41, 5.74) is 6.89. The smallest absolute Gasteiger partial charge is 0.339 e. The highest BCUT2D eigenvalue weighted by atomic mass is 35.5. The number of aliphatic hydroxyl groups is 1. The van der Waals surface area contributed by atoms with Gasteiger partial charge in [0.2, 0.25) is 0 Å². The van der Waals surface area contributed by atoms with E-state index in [4.69, 9.17) is 22.4 Å². The van der Waals surface area contributed by atoms with Crippen LogP contribution >= 0.6 is 11.6 Å². The molecule has 0 radical (unpaired) electrons. The standard InChI is InChI=1S/C12H14ClNO3/c1-17-12(16)9-6-8(4-2-3-5-15)10(13)7-11(9)14/h2,4,6-7,15H,3,5,14H2,1H3. The van der Waals surface area contributed by atoms with Crippen molar-refractivity contribution in [3.8, 4) is 0 Å². The molecule has 92 valence electrons. The Hall–Kier alpha value is -1.52. The van der Waals surface area contributed by atoms with Crippen LogP contribution in [-0.2, 0) is 4.74 Å². The molecule has 5 heteroatoms. The van der Waals surface area contributed by atoms with Gasteiger partial charge in [0, 0.05) is 17.3 Å². The van der Waals surface area contributed by atoms with Gasteiger partial charge in [-0.25, -0.2) is 4.79 Å². The number of hydrogen-bond acceptors (Lipinski definition) is 4. The molecule has 0 saturated heterocycles. The second-order valence-corrected chi connectivity index (χ2v) is 3.77. The fourth-order valence-electron chi connectivity index (χ4n) is 1.30. The third-order valence-corrected chi connectivity index (χ3v) is 2.49. The fourth-order valence-corrected chi connectivity index (χ4v) is 1.54. The lowest BCUT2D eigenvalue weighted by Crippen LogP contribution is -2.06. The van der Waals surface area contributed by atoms with Gasteiger partial charge in [-0.15, -0.1) is 0 Å². The lowest BCUT2D eigenvalue weighted by molar-refractivity contribution is 0.0602. The zero-order valence-corrected chi connectivity index (χ0v) is 10.2. The Morgan fingerprint density at radius 3 is 2.88 bits per heavy atom. The Morgan fingerprint density at radius 2 is 2.29 bits per heavy atom. The van der Waals surface area contributed by atoms with Gasteiger partial charge >= 0.3 is 5.97 Å². The molecule has 0 aliphatic heterocycles. The molecule has 1 rings (SSSR count). The predicted octanol–water partition coefficient (Wildman–Crippen LogP) is 2.10. The average molecular weight is 256 g/mol. The van der Waals surface area contributed by atoms with Crippen LogP contribution in [0.25, 0.3) is 6.08 Å². The molecular formula is C12H14ClNO3. The SMILES string of the molecule is COC(=O)c1cc(C=CCCO)c(Cl)cc1N. The Morgan fingerprint density at radius 1 is 1.59 bits per heavy atom. The maximum atomic E-state index is 11.4. The van der Waals surface area contributed by atoms with Crippen LogP contribution < -0.4 is 5.73 Å². The summed E-state index contributed by atoms with van der Waals surface area (Å²) in [5, 5.41) is 9.11. The average Bonchev–Trinajstić information content (AvgIpc) is 2.31. The van der Waals surface area contributed by atoms with Crippen molar-refractivity contribution in [3.05, 3.63) is 34.4 Å². The van der Waals surface area contributed by atoms with Gasteiger partial charge in [-0.05, 0) is 24.1 Å². The summed E-state index contributed by atoms with van der Waals surface area (Å²) in [7, 11) is 1.29. The van der Waals surface area contributed by atoms with Crippen molar-refractivity contribution >= 4 is 29.3 Å². The van der Waals surface area contributed by atoms with Crippen LogP contribution in [0.5, 0.6) is 0 Å². The summed E-state index contributed by atoms with van der Waals surface area (Å²) in [6.07, 6.45) is 4.01. The van der Waals surface area contributed by atoms with Gasteiger partial charge in [0.1, 0.15) is 0 Å². The zero-order chi connectivity index (χ0) is 12.8. The maximum absolute atomic E-state index is 11.4. The summed E-state index contributed by atoms with van der Waals surface area (Å²) in [6, 6.07) is 3.07. The largest absolute Gasteiger partial charge is 0.465 e.